The zero-order chi connectivity index (χ0) is 9.35. The van der Waals surface area contributed by atoms with E-state index in [-0.39, 0.29) is 12.5 Å². The molecule has 5 heteroatoms. The van der Waals surface area contributed by atoms with Crippen molar-refractivity contribution in [1.29, 1.82) is 0 Å². The van der Waals surface area contributed by atoms with E-state index < -0.39 is 5.72 Å². The second-order valence-electron chi connectivity index (χ2n) is 3.25. The van der Waals surface area contributed by atoms with Gasteiger partial charge in [0.15, 0.2) is 5.96 Å². The van der Waals surface area contributed by atoms with Crippen molar-refractivity contribution < 1.29 is 9.53 Å². The molecule has 0 aliphatic carbocycles. The molecule has 0 aromatic carbocycles. The molecule has 0 aromatic rings. The van der Waals surface area contributed by atoms with Gasteiger partial charge in [0.25, 0.3) is 0 Å². The highest BCUT2D eigenvalue weighted by atomic mass is 16.6. The molecule has 0 amide bonds. The van der Waals surface area contributed by atoms with Crippen LogP contribution in [0, 0.1) is 0 Å². The Labute approximate surface area is 71.2 Å². The highest BCUT2D eigenvalue weighted by molar-refractivity contribution is 5.84. The first-order valence-electron chi connectivity index (χ1n) is 3.69. The van der Waals surface area contributed by atoms with Gasteiger partial charge < -0.3 is 15.4 Å². The summed E-state index contributed by atoms with van der Waals surface area (Å²) >= 11 is 0. The maximum Gasteiger partial charge on any atom is 0.327 e. The maximum absolute atomic E-state index is 11.1. The minimum Gasteiger partial charge on any atom is -0.436 e. The lowest BCUT2D eigenvalue weighted by Gasteiger charge is -2.17. The van der Waals surface area contributed by atoms with Crippen LogP contribution >= 0.6 is 0 Å². The van der Waals surface area contributed by atoms with Crippen LogP contribution in [0.25, 0.3) is 0 Å². The minimum absolute atomic E-state index is 0.152. The third kappa shape index (κ3) is 1.87. The van der Waals surface area contributed by atoms with Crippen molar-refractivity contribution in [3.05, 3.63) is 0 Å². The van der Waals surface area contributed by atoms with E-state index in [4.69, 9.17) is 10.5 Å². The van der Waals surface area contributed by atoms with Crippen LogP contribution in [0.4, 0.5) is 0 Å². The molecule has 0 fully saturated rings. The predicted molar refractivity (Wildman–Crippen MR) is 44.4 cm³/mol. The first-order valence-corrected chi connectivity index (χ1v) is 3.69. The first kappa shape index (κ1) is 8.83. The Kier molecular flexibility index (Phi) is 1.95. The Morgan fingerprint density at radius 2 is 2.25 bits per heavy atom. The number of hydrogen-bond acceptors (Lipinski definition) is 5. The number of likely N-dealkylation sites (N-methyl/N-ethyl adjacent to an activating group) is 1. The van der Waals surface area contributed by atoms with Gasteiger partial charge in [-0.25, -0.2) is 4.99 Å². The summed E-state index contributed by atoms with van der Waals surface area (Å²) in [4.78, 5) is 16.6. The van der Waals surface area contributed by atoms with Crippen molar-refractivity contribution in [2.24, 2.45) is 10.7 Å². The SMILES string of the molecule is CN1CC(=O)OC(C)(C)N=C1N. The van der Waals surface area contributed by atoms with Crippen LogP contribution in [0.3, 0.4) is 0 Å². The molecule has 1 aliphatic heterocycles. The zero-order valence-corrected chi connectivity index (χ0v) is 7.50. The van der Waals surface area contributed by atoms with Crippen LogP contribution in [0.1, 0.15) is 13.8 Å². The van der Waals surface area contributed by atoms with Gasteiger partial charge in [-0.15, -0.1) is 0 Å². The van der Waals surface area contributed by atoms with Gasteiger partial charge in [0.1, 0.15) is 6.54 Å². The van der Waals surface area contributed by atoms with Crippen LogP contribution < -0.4 is 5.73 Å². The van der Waals surface area contributed by atoms with E-state index in [0.29, 0.717) is 5.96 Å². The van der Waals surface area contributed by atoms with Gasteiger partial charge in [0, 0.05) is 7.05 Å². The summed E-state index contributed by atoms with van der Waals surface area (Å²) in [5.74, 6) is 0.0116. The molecule has 0 aromatic heterocycles. The van der Waals surface area contributed by atoms with Gasteiger partial charge in [-0.05, 0) is 13.8 Å². The number of ether oxygens (including phenoxy) is 1. The number of nitrogens with zero attached hydrogens (tertiary/aromatic N) is 2. The molecule has 1 aliphatic rings. The van der Waals surface area contributed by atoms with E-state index in [1.54, 1.807) is 25.8 Å². The molecule has 0 unspecified atom stereocenters. The normalized spacial score (nSPS) is 22.8. The summed E-state index contributed by atoms with van der Waals surface area (Å²) in [6.45, 7) is 3.53. The maximum atomic E-state index is 11.1. The second kappa shape index (κ2) is 2.66. The average Bonchev–Trinajstić information content (AvgIpc) is 1.89. The molecule has 2 N–H and O–H groups in total. The zero-order valence-electron chi connectivity index (χ0n) is 7.50. The molecule has 0 saturated heterocycles. The molecular formula is C7H13N3O2. The van der Waals surface area contributed by atoms with Crippen molar-refractivity contribution in [2.45, 2.75) is 19.6 Å². The summed E-state index contributed by atoms with van der Waals surface area (Å²) < 4.78 is 4.99. The van der Waals surface area contributed by atoms with Gasteiger partial charge in [0.05, 0.1) is 0 Å². The van der Waals surface area contributed by atoms with Crippen molar-refractivity contribution in [3.63, 3.8) is 0 Å². The molecule has 12 heavy (non-hydrogen) atoms. The Hall–Kier alpha value is -1.26. The number of esters is 1. The molecule has 0 radical (unpaired) electrons. The first-order chi connectivity index (χ1) is 5.41. The largest absolute Gasteiger partial charge is 0.436 e. The summed E-state index contributed by atoms with van der Waals surface area (Å²) in [5, 5.41) is 0. The fourth-order valence-corrected chi connectivity index (χ4v) is 0.970. The number of carbonyl (C=O) groups is 1. The molecule has 5 nitrogen and oxygen atoms in total. The Morgan fingerprint density at radius 3 is 2.83 bits per heavy atom. The average molecular weight is 171 g/mol. The van der Waals surface area contributed by atoms with E-state index in [2.05, 4.69) is 4.99 Å². The number of guanidine groups is 1. The topological polar surface area (TPSA) is 67.9 Å². The van der Waals surface area contributed by atoms with Crippen molar-refractivity contribution >= 4 is 11.9 Å². The van der Waals surface area contributed by atoms with E-state index in [1.165, 1.54) is 0 Å². The molecule has 1 rings (SSSR count). The Morgan fingerprint density at radius 1 is 1.67 bits per heavy atom. The second-order valence-corrected chi connectivity index (χ2v) is 3.25. The quantitative estimate of drug-likeness (QED) is 0.500. The lowest BCUT2D eigenvalue weighted by molar-refractivity contribution is -0.154. The summed E-state index contributed by atoms with van der Waals surface area (Å²) in [7, 11) is 1.70. The predicted octanol–water partition coefficient (Wildman–Crippen LogP) is -0.474. The lowest BCUT2D eigenvalue weighted by atomic mass is 10.3. The minimum atomic E-state index is -0.841. The Bertz CT molecular complexity index is 235. The van der Waals surface area contributed by atoms with E-state index in [1.807, 2.05) is 0 Å². The summed E-state index contributed by atoms with van der Waals surface area (Å²) in [6, 6.07) is 0. The van der Waals surface area contributed by atoms with Crippen molar-refractivity contribution in [2.75, 3.05) is 13.6 Å². The van der Waals surface area contributed by atoms with E-state index >= 15 is 0 Å². The van der Waals surface area contributed by atoms with Crippen LogP contribution in [0.15, 0.2) is 4.99 Å². The molecule has 0 atom stereocenters. The Balaban J connectivity index is 2.91. The number of cyclic esters (lactones) is 1. The molecule has 0 saturated carbocycles. The fourth-order valence-electron chi connectivity index (χ4n) is 0.970. The highest BCUT2D eigenvalue weighted by Crippen LogP contribution is 2.14. The number of hydrogen-bond donors (Lipinski definition) is 1. The lowest BCUT2D eigenvalue weighted by Crippen LogP contribution is -2.36. The van der Waals surface area contributed by atoms with Gasteiger partial charge in [-0.1, -0.05) is 0 Å². The highest BCUT2D eigenvalue weighted by Gasteiger charge is 2.27. The monoisotopic (exact) mass is 171 g/mol. The smallest absolute Gasteiger partial charge is 0.327 e. The molecule has 1 heterocycles. The van der Waals surface area contributed by atoms with Crippen LogP contribution in [0.2, 0.25) is 0 Å². The molecule has 0 bridgehead atoms. The standard InChI is InChI=1S/C7H13N3O2/c1-7(2)9-6(8)10(3)4-5(11)12-7/h4H2,1-3H3,(H2,8,9). The van der Waals surface area contributed by atoms with E-state index in [0.717, 1.165) is 0 Å². The van der Waals surface area contributed by atoms with Gasteiger partial charge >= 0.3 is 5.97 Å². The molecule has 0 spiro atoms. The summed E-state index contributed by atoms with van der Waals surface area (Å²) in [6.07, 6.45) is 0. The van der Waals surface area contributed by atoms with E-state index in [9.17, 15) is 4.79 Å². The van der Waals surface area contributed by atoms with Crippen LogP contribution in [0.5, 0.6) is 0 Å². The fraction of sp³-hybridized carbons (Fsp3) is 0.714. The number of nitrogens with two attached hydrogens (primary N) is 1. The summed E-state index contributed by atoms with van der Waals surface area (Å²) in [5.41, 5.74) is 4.72. The van der Waals surface area contributed by atoms with Gasteiger partial charge in [-0.2, -0.15) is 0 Å². The van der Waals surface area contributed by atoms with Gasteiger partial charge in [-0.3, -0.25) is 4.79 Å². The molecule has 68 valence electrons. The van der Waals surface area contributed by atoms with Crippen LogP contribution in [-0.4, -0.2) is 36.1 Å². The van der Waals surface area contributed by atoms with Crippen molar-refractivity contribution in [3.8, 4) is 0 Å². The number of aliphatic imine (C=N–C) groups is 1. The van der Waals surface area contributed by atoms with Gasteiger partial charge in [0.2, 0.25) is 5.72 Å². The third-order valence-electron chi connectivity index (χ3n) is 1.50. The third-order valence-corrected chi connectivity index (χ3v) is 1.50. The van der Waals surface area contributed by atoms with Crippen LogP contribution in [-0.2, 0) is 9.53 Å². The number of rotatable bonds is 0. The molecular weight excluding hydrogens is 158 g/mol. The number of carbonyl (C=O) groups excluding carboxylic acids is 1. The van der Waals surface area contributed by atoms with Crippen molar-refractivity contribution in [1.82, 2.24) is 4.90 Å².